The summed E-state index contributed by atoms with van der Waals surface area (Å²) in [5, 5.41) is 0.924. The molecule has 2 heterocycles. The Kier molecular flexibility index (Phi) is 2.99. The van der Waals surface area contributed by atoms with Gasteiger partial charge in [0.1, 0.15) is 5.69 Å². The normalized spacial score (nSPS) is 17.8. The Labute approximate surface area is 101 Å². The van der Waals surface area contributed by atoms with E-state index in [4.69, 9.17) is 11.5 Å². The molecule has 0 bridgehead atoms. The van der Waals surface area contributed by atoms with Crippen LogP contribution in [0.25, 0.3) is 0 Å². The molecule has 4 N–H and O–H groups in total. The van der Waals surface area contributed by atoms with E-state index in [2.05, 4.69) is 18.5 Å². The van der Waals surface area contributed by atoms with Crippen molar-refractivity contribution in [3.63, 3.8) is 0 Å². The Morgan fingerprint density at radius 1 is 1.35 bits per heavy atom. The Morgan fingerprint density at radius 3 is 2.53 bits per heavy atom. The fourth-order valence-electron chi connectivity index (χ4n) is 1.03. The predicted molar refractivity (Wildman–Crippen MR) is 60.8 cm³/mol. The average Bonchev–Trinajstić information content (AvgIpc) is 2.20. The zero-order valence-electron chi connectivity index (χ0n) is 8.65. The van der Waals surface area contributed by atoms with Gasteiger partial charge in [-0.1, -0.05) is 32.5 Å². The smallest absolute Gasteiger partial charge is 0.393 e. The largest absolute Gasteiger partial charge is 0.446 e. The molecule has 0 spiro atoms. The van der Waals surface area contributed by atoms with Gasteiger partial charge in [-0.05, 0) is 5.75 Å². The van der Waals surface area contributed by atoms with Crippen LogP contribution < -0.4 is 16.7 Å². The second kappa shape index (κ2) is 4.18. The Morgan fingerprint density at radius 2 is 2.00 bits per heavy atom. The van der Waals surface area contributed by atoms with Crippen LogP contribution in [0.4, 0.5) is 17.3 Å². The summed E-state index contributed by atoms with van der Waals surface area (Å²) in [6, 6.07) is 0. The summed E-state index contributed by atoms with van der Waals surface area (Å²) in [7, 11) is -3.97. The predicted octanol–water partition coefficient (Wildman–Crippen LogP) is -0.319. The average molecular weight is 279 g/mol. The highest BCUT2D eigenvalue weighted by Crippen LogP contribution is 2.33. The molecular formula is C6H9N5O4S2. The van der Waals surface area contributed by atoms with Gasteiger partial charge < -0.3 is 11.5 Å². The van der Waals surface area contributed by atoms with E-state index >= 15 is 0 Å². The maximum absolute atomic E-state index is 10.7. The summed E-state index contributed by atoms with van der Waals surface area (Å²) in [5.41, 5.74) is 11.1. The number of hydrogen-bond donors (Lipinski definition) is 2. The van der Waals surface area contributed by atoms with Crippen molar-refractivity contribution in [1.29, 1.82) is 0 Å². The van der Waals surface area contributed by atoms with Crippen molar-refractivity contribution in [2.75, 3.05) is 22.4 Å². The number of rotatable bonds is 3. The summed E-state index contributed by atoms with van der Waals surface area (Å²) in [6.45, 7) is 1.90. The van der Waals surface area contributed by atoms with Gasteiger partial charge in [0.15, 0.2) is 11.0 Å². The number of aromatic nitrogens is 2. The molecule has 0 saturated carbocycles. The first-order chi connectivity index (χ1) is 7.93. The maximum Gasteiger partial charge on any atom is 0.446 e. The minimum atomic E-state index is -3.97. The van der Waals surface area contributed by atoms with E-state index in [0.717, 1.165) is 5.75 Å². The van der Waals surface area contributed by atoms with Gasteiger partial charge in [-0.3, -0.25) is 0 Å². The summed E-state index contributed by atoms with van der Waals surface area (Å²) >= 11 is 1.32. The lowest BCUT2D eigenvalue weighted by Crippen LogP contribution is -2.42. The Hall–Kier alpha value is -1.30. The molecule has 1 fully saturated rings. The number of hydrogen-bond acceptors (Lipinski definition) is 10. The maximum atomic E-state index is 10.7. The van der Waals surface area contributed by atoms with Crippen molar-refractivity contribution >= 4 is 39.5 Å². The van der Waals surface area contributed by atoms with Crippen LogP contribution in [0, 0.1) is 0 Å². The van der Waals surface area contributed by atoms with Crippen molar-refractivity contribution in [2.45, 2.75) is 12.1 Å². The van der Waals surface area contributed by atoms with Crippen LogP contribution in [0.1, 0.15) is 6.92 Å². The van der Waals surface area contributed by atoms with Crippen LogP contribution in [0.15, 0.2) is 5.16 Å². The molecule has 0 unspecified atom stereocenters. The molecular weight excluding hydrogens is 270 g/mol. The minimum Gasteiger partial charge on any atom is -0.393 e. The van der Waals surface area contributed by atoms with Crippen LogP contribution in [0.2, 0.25) is 0 Å². The Balaban J connectivity index is 2.33. The zero-order chi connectivity index (χ0) is 12.6. The molecule has 1 saturated heterocycles. The van der Waals surface area contributed by atoms with Crippen LogP contribution in [-0.2, 0) is 19.0 Å². The van der Waals surface area contributed by atoms with Crippen LogP contribution >= 0.6 is 11.8 Å². The number of thioether (sulfide) groups is 1. The lowest BCUT2D eigenvalue weighted by molar-refractivity contribution is -0.0207. The standard InChI is InChI=1S/C6H9N5O4S2/c1-2-16-6-9-4(8)3(7)5(10-6)11-14-17(12,13)15-11/h2,7H2,1H3,(H2,8,9,10). The van der Waals surface area contributed by atoms with E-state index in [1.807, 2.05) is 6.92 Å². The lowest BCUT2D eigenvalue weighted by atomic mass is 10.4. The topological polar surface area (TPSA) is 134 Å². The minimum absolute atomic E-state index is 0.0136. The molecule has 1 aromatic rings. The van der Waals surface area contributed by atoms with Gasteiger partial charge in [0.2, 0.25) is 5.82 Å². The summed E-state index contributed by atoms with van der Waals surface area (Å²) in [4.78, 5) is 7.89. The second-order valence-electron chi connectivity index (χ2n) is 2.88. The summed E-state index contributed by atoms with van der Waals surface area (Å²) in [5.74, 6) is 0.716. The molecule has 0 radical (unpaired) electrons. The van der Waals surface area contributed by atoms with Gasteiger partial charge >= 0.3 is 10.4 Å². The third-order valence-corrected chi connectivity index (χ3v) is 3.06. The van der Waals surface area contributed by atoms with E-state index in [1.54, 1.807) is 0 Å². The van der Waals surface area contributed by atoms with Gasteiger partial charge in [0.05, 0.1) is 0 Å². The molecule has 0 amide bonds. The SMILES string of the molecule is CCSc1nc(N)c(N)c(N2OS(=O)(=O)O2)n1. The Bertz CT molecular complexity index is 536. The molecule has 1 aliphatic rings. The van der Waals surface area contributed by atoms with Crippen LogP contribution in [0.5, 0.6) is 0 Å². The third kappa shape index (κ3) is 2.36. The van der Waals surface area contributed by atoms with E-state index in [1.165, 1.54) is 11.8 Å². The van der Waals surface area contributed by atoms with Gasteiger partial charge in [-0.15, -0.1) is 0 Å². The molecule has 0 aromatic carbocycles. The van der Waals surface area contributed by atoms with E-state index < -0.39 is 10.4 Å². The molecule has 11 heteroatoms. The first-order valence-corrected chi connectivity index (χ1v) is 6.75. The number of nitrogen functional groups attached to an aromatic ring is 2. The zero-order valence-corrected chi connectivity index (χ0v) is 10.3. The van der Waals surface area contributed by atoms with E-state index in [9.17, 15) is 8.42 Å². The summed E-state index contributed by atoms with van der Waals surface area (Å²) < 4.78 is 30.0. The van der Waals surface area contributed by atoms with Gasteiger partial charge in [-0.25, -0.2) is 4.98 Å². The number of anilines is 3. The highest BCUT2D eigenvalue weighted by molar-refractivity contribution is 7.99. The highest BCUT2D eigenvalue weighted by Gasteiger charge is 2.38. The van der Waals surface area contributed by atoms with Gasteiger partial charge in [-0.2, -0.15) is 13.4 Å². The highest BCUT2D eigenvalue weighted by atomic mass is 32.3. The molecule has 0 atom stereocenters. The van der Waals surface area contributed by atoms with Crippen molar-refractivity contribution in [3.05, 3.63) is 0 Å². The number of nitrogens with zero attached hydrogens (tertiary/aromatic N) is 3. The van der Waals surface area contributed by atoms with Crippen molar-refractivity contribution in [3.8, 4) is 0 Å². The van der Waals surface area contributed by atoms with Gasteiger partial charge in [0, 0.05) is 0 Å². The molecule has 2 rings (SSSR count). The van der Waals surface area contributed by atoms with E-state index in [-0.39, 0.29) is 17.3 Å². The lowest BCUT2D eigenvalue weighted by Gasteiger charge is -2.27. The second-order valence-corrected chi connectivity index (χ2v) is 5.22. The van der Waals surface area contributed by atoms with Crippen LogP contribution in [0.3, 0.4) is 0 Å². The molecule has 1 aromatic heterocycles. The fourth-order valence-corrected chi connectivity index (χ4v) is 2.08. The first kappa shape index (κ1) is 12.2. The molecule has 17 heavy (non-hydrogen) atoms. The molecule has 0 aliphatic carbocycles. The van der Waals surface area contributed by atoms with Crippen LogP contribution in [-0.4, -0.2) is 24.1 Å². The molecule has 94 valence electrons. The molecule has 9 nitrogen and oxygen atoms in total. The first-order valence-electron chi connectivity index (χ1n) is 4.43. The quantitative estimate of drug-likeness (QED) is 0.560. The van der Waals surface area contributed by atoms with Crippen molar-refractivity contribution in [2.24, 2.45) is 0 Å². The van der Waals surface area contributed by atoms with Crippen molar-refractivity contribution < 1.29 is 17.0 Å². The van der Waals surface area contributed by atoms with Crippen molar-refractivity contribution in [1.82, 2.24) is 9.97 Å². The number of nitrogens with two attached hydrogens (primary N) is 2. The summed E-state index contributed by atoms with van der Waals surface area (Å²) in [6.07, 6.45) is 0. The monoisotopic (exact) mass is 279 g/mol. The van der Waals surface area contributed by atoms with Gasteiger partial charge in [0.25, 0.3) is 0 Å². The third-order valence-electron chi connectivity index (χ3n) is 1.70. The van der Waals surface area contributed by atoms with E-state index in [0.29, 0.717) is 10.4 Å². The fraction of sp³-hybridized carbons (Fsp3) is 0.333. The molecule has 1 aliphatic heterocycles.